The third-order valence-corrected chi connectivity index (χ3v) is 5.81. The molecular weight excluding hydrogens is 326 g/mol. The van der Waals surface area contributed by atoms with Gasteiger partial charge in [-0.1, -0.05) is 48.0 Å². The molecule has 0 atom stereocenters. The van der Waals surface area contributed by atoms with Crippen molar-refractivity contribution >= 4 is 16.0 Å². The van der Waals surface area contributed by atoms with Crippen molar-refractivity contribution in [1.29, 1.82) is 0 Å². The van der Waals surface area contributed by atoms with Crippen molar-refractivity contribution in [2.24, 2.45) is 0 Å². The number of nitrogens with zero attached hydrogens (tertiary/aromatic N) is 1. The summed E-state index contributed by atoms with van der Waals surface area (Å²) in [6, 6.07) is 12.4. The number of aliphatic carboxylic acids is 1. The van der Waals surface area contributed by atoms with Crippen LogP contribution in [0.4, 0.5) is 0 Å². The average molecular weight is 346 g/mol. The summed E-state index contributed by atoms with van der Waals surface area (Å²) in [6.45, 7) is 4.60. The molecule has 0 aliphatic rings. The highest BCUT2D eigenvalue weighted by Gasteiger charge is 2.28. The van der Waals surface area contributed by atoms with Crippen molar-refractivity contribution in [2.45, 2.75) is 32.2 Å². The summed E-state index contributed by atoms with van der Waals surface area (Å²) in [7, 11) is -3.96. The first-order chi connectivity index (χ1) is 11.2. The Labute approximate surface area is 142 Å². The Balaban J connectivity index is 2.50. The second kappa shape index (κ2) is 7.15. The number of carbonyl (C=O) groups is 1. The van der Waals surface area contributed by atoms with Gasteiger partial charge in [-0.05, 0) is 37.5 Å². The van der Waals surface area contributed by atoms with Crippen LogP contribution in [0.15, 0.2) is 47.4 Å². The second-order valence-corrected chi connectivity index (χ2v) is 7.73. The Bertz CT molecular complexity index is 822. The normalized spacial score (nSPS) is 11.7. The lowest BCUT2D eigenvalue weighted by molar-refractivity contribution is -0.305. The van der Waals surface area contributed by atoms with E-state index < -0.39 is 22.5 Å². The van der Waals surface area contributed by atoms with Gasteiger partial charge < -0.3 is 9.90 Å². The van der Waals surface area contributed by atoms with E-state index in [9.17, 15) is 18.3 Å². The van der Waals surface area contributed by atoms with Gasteiger partial charge in [0.1, 0.15) is 0 Å². The molecule has 128 valence electrons. The fraction of sp³-hybridized carbons (Fsp3) is 0.278. The third kappa shape index (κ3) is 4.01. The molecule has 0 spiro atoms. The molecule has 0 radical (unpaired) electrons. The minimum absolute atomic E-state index is 0.0239. The molecule has 2 rings (SSSR count). The van der Waals surface area contributed by atoms with E-state index in [1.54, 1.807) is 50.2 Å². The van der Waals surface area contributed by atoms with Gasteiger partial charge in [0.15, 0.2) is 0 Å². The first-order valence-corrected chi connectivity index (χ1v) is 8.97. The summed E-state index contributed by atoms with van der Waals surface area (Å²) in [4.78, 5) is 11.2. The molecule has 0 heterocycles. The molecule has 2 aromatic carbocycles. The molecule has 0 saturated heterocycles. The van der Waals surface area contributed by atoms with Gasteiger partial charge in [0.05, 0.1) is 17.4 Å². The van der Waals surface area contributed by atoms with Crippen LogP contribution in [-0.2, 0) is 21.4 Å². The third-order valence-electron chi connectivity index (χ3n) is 3.71. The number of benzene rings is 2. The molecule has 0 unspecified atom stereocenters. The van der Waals surface area contributed by atoms with Gasteiger partial charge in [0, 0.05) is 6.54 Å². The Kier molecular flexibility index (Phi) is 5.41. The molecule has 0 N–H and O–H groups in total. The van der Waals surface area contributed by atoms with E-state index in [1.807, 2.05) is 13.0 Å². The summed E-state index contributed by atoms with van der Waals surface area (Å²) in [6.07, 6.45) is 0. The maximum absolute atomic E-state index is 13.1. The van der Waals surface area contributed by atoms with E-state index in [0.29, 0.717) is 16.7 Å². The van der Waals surface area contributed by atoms with Crippen molar-refractivity contribution in [3.05, 3.63) is 64.7 Å². The van der Waals surface area contributed by atoms with E-state index in [-0.39, 0.29) is 11.4 Å². The van der Waals surface area contributed by atoms with Crippen LogP contribution in [0.5, 0.6) is 0 Å². The predicted molar refractivity (Wildman–Crippen MR) is 89.7 cm³/mol. The van der Waals surface area contributed by atoms with Gasteiger partial charge in [0.2, 0.25) is 10.0 Å². The smallest absolute Gasteiger partial charge is 0.244 e. The molecule has 24 heavy (non-hydrogen) atoms. The van der Waals surface area contributed by atoms with Crippen LogP contribution >= 0.6 is 0 Å². The van der Waals surface area contributed by atoms with Crippen LogP contribution in [0.3, 0.4) is 0 Å². The maximum Gasteiger partial charge on any atom is 0.244 e. The lowest BCUT2D eigenvalue weighted by atomic mass is 10.1. The van der Waals surface area contributed by atoms with E-state index in [1.165, 1.54) is 0 Å². The highest BCUT2D eigenvalue weighted by molar-refractivity contribution is 7.89. The monoisotopic (exact) mass is 346 g/mol. The van der Waals surface area contributed by atoms with Crippen molar-refractivity contribution in [3.8, 4) is 0 Å². The van der Waals surface area contributed by atoms with Gasteiger partial charge in [-0.25, -0.2) is 8.42 Å². The quantitative estimate of drug-likeness (QED) is 0.795. The highest BCUT2D eigenvalue weighted by Crippen LogP contribution is 2.26. The van der Waals surface area contributed by atoms with Crippen LogP contribution in [0, 0.1) is 20.8 Å². The van der Waals surface area contributed by atoms with Crippen LogP contribution in [-0.4, -0.2) is 25.2 Å². The van der Waals surface area contributed by atoms with Crippen LogP contribution in [0.25, 0.3) is 0 Å². The number of carboxylic acid groups (broad SMARTS) is 1. The number of aryl methyl sites for hydroxylation is 3. The SMILES string of the molecule is Cc1cc(C)c(S(=O)(=O)N(CC(=O)[O-])Cc2ccccc2)c(C)c1. The number of hydrogen-bond acceptors (Lipinski definition) is 4. The van der Waals surface area contributed by atoms with Crippen molar-refractivity contribution in [1.82, 2.24) is 4.31 Å². The van der Waals surface area contributed by atoms with Gasteiger partial charge in [-0.3, -0.25) is 0 Å². The molecule has 5 nitrogen and oxygen atoms in total. The summed E-state index contributed by atoms with van der Waals surface area (Å²) in [5, 5.41) is 11.1. The van der Waals surface area contributed by atoms with Crippen LogP contribution in [0.1, 0.15) is 22.3 Å². The zero-order valence-electron chi connectivity index (χ0n) is 13.9. The minimum atomic E-state index is -3.96. The van der Waals surface area contributed by atoms with Gasteiger partial charge in [0.25, 0.3) is 0 Å². The average Bonchev–Trinajstić information content (AvgIpc) is 2.45. The summed E-state index contributed by atoms with van der Waals surface area (Å²) < 4.78 is 27.1. The second-order valence-electron chi connectivity index (χ2n) is 5.86. The number of carboxylic acids is 1. The molecule has 6 heteroatoms. The molecule has 0 fully saturated rings. The van der Waals surface area contributed by atoms with Crippen LogP contribution < -0.4 is 5.11 Å². The fourth-order valence-corrected chi connectivity index (χ4v) is 4.64. The predicted octanol–water partition coefficient (Wildman–Crippen LogP) is 1.55. The van der Waals surface area contributed by atoms with Crippen molar-refractivity contribution in [3.63, 3.8) is 0 Å². The summed E-state index contributed by atoms with van der Waals surface area (Å²) in [5.74, 6) is -1.43. The van der Waals surface area contributed by atoms with E-state index >= 15 is 0 Å². The number of carbonyl (C=O) groups excluding carboxylic acids is 1. The van der Waals surface area contributed by atoms with E-state index in [4.69, 9.17) is 0 Å². The molecule has 0 aromatic heterocycles. The van der Waals surface area contributed by atoms with E-state index in [2.05, 4.69) is 0 Å². The van der Waals surface area contributed by atoms with Crippen molar-refractivity contribution < 1.29 is 18.3 Å². The number of hydrogen-bond donors (Lipinski definition) is 0. The maximum atomic E-state index is 13.1. The fourth-order valence-electron chi connectivity index (χ4n) is 2.86. The lowest BCUT2D eigenvalue weighted by Crippen LogP contribution is -2.41. The topological polar surface area (TPSA) is 77.5 Å². The zero-order chi connectivity index (χ0) is 17.9. The Hall–Kier alpha value is -2.18. The molecule has 0 bridgehead atoms. The first kappa shape index (κ1) is 18.2. The van der Waals surface area contributed by atoms with E-state index in [0.717, 1.165) is 9.87 Å². The first-order valence-electron chi connectivity index (χ1n) is 7.53. The Morgan fingerprint density at radius 1 is 1.04 bits per heavy atom. The lowest BCUT2D eigenvalue weighted by Gasteiger charge is -2.25. The van der Waals surface area contributed by atoms with Gasteiger partial charge in [-0.2, -0.15) is 4.31 Å². The Morgan fingerprint density at radius 3 is 2.08 bits per heavy atom. The molecule has 0 aliphatic heterocycles. The summed E-state index contributed by atoms with van der Waals surface area (Å²) in [5.41, 5.74) is 2.87. The largest absolute Gasteiger partial charge is 0.549 e. The molecule has 0 aliphatic carbocycles. The zero-order valence-corrected chi connectivity index (χ0v) is 14.8. The summed E-state index contributed by atoms with van der Waals surface area (Å²) >= 11 is 0. The molecule has 2 aromatic rings. The van der Waals surface area contributed by atoms with Crippen LogP contribution in [0.2, 0.25) is 0 Å². The highest BCUT2D eigenvalue weighted by atomic mass is 32.2. The number of sulfonamides is 1. The molecule has 0 saturated carbocycles. The van der Waals surface area contributed by atoms with Gasteiger partial charge >= 0.3 is 0 Å². The standard InChI is InChI=1S/C18H21NO4S/c1-13-9-14(2)18(15(3)10-13)24(22,23)19(12-17(20)21)11-16-7-5-4-6-8-16/h4-10H,11-12H2,1-3H3,(H,20,21)/p-1. The number of rotatable bonds is 6. The molecule has 0 amide bonds. The Morgan fingerprint density at radius 2 is 1.58 bits per heavy atom. The van der Waals surface area contributed by atoms with Crippen molar-refractivity contribution in [2.75, 3.05) is 6.54 Å². The molecular formula is C18H20NO4S-. The minimum Gasteiger partial charge on any atom is -0.549 e. The van der Waals surface area contributed by atoms with Gasteiger partial charge in [-0.15, -0.1) is 0 Å².